The van der Waals surface area contributed by atoms with Crippen molar-refractivity contribution in [2.24, 2.45) is 0 Å². The number of nitrogens with one attached hydrogen (secondary N) is 1. The first-order valence-corrected chi connectivity index (χ1v) is 7.20. The lowest BCUT2D eigenvalue weighted by Gasteiger charge is -2.09. The summed E-state index contributed by atoms with van der Waals surface area (Å²) in [5.41, 5.74) is 0.944. The number of benzene rings is 2. The molecule has 0 heterocycles. The average molecular weight is 403 g/mol. The van der Waals surface area contributed by atoms with Crippen LogP contribution < -0.4 is 10.1 Å². The van der Waals surface area contributed by atoms with Gasteiger partial charge in [0, 0.05) is 16.2 Å². The zero-order chi connectivity index (χ0) is 14.7. The Morgan fingerprint density at radius 2 is 1.90 bits per heavy atom. The third kappa shape index (κ3) is 3.37. The van der Waals surface area contributed by atoms with Gasteiger partial charge < -0.3 is 10.1 Å². The lowest BCUT2D eigenvalue weighted by molar-refractivity contribution is 0.102. The fourth-order valence-electron chi connectivity index (χ4n) is 1.61. The van der Waals surface area contributed by atoms with Gasteiger partial charge in [0.2, 0.25) is 0 Å². The second-order valence-corrected chi connectivity index (χ2v) is 5.64. The number of hydrogen-bond donors (Lipinski definition) is 1. The third-order valence-electron chi connectivity index (χ3n) is 2.58. The van der Waals surface area contributed by atoms with Crippen LogP contribution in [-0.4, -0.2) is 13.0 Å². The Labute approximate surface area is 132 Å². The van der Waals surface area contributed by atoms with Gasteiger partial charge in [-0.2, -0.15) is 0 Å². The van der Waals surface area contributed by atoms with Crippen molar-refractivity contribution in [3.8, 4) is 5.75 Å². The molecule has 2 aromatic carbocycles. The Morgan fingerprint density at radius 3 is 2.55 bits per heavy atom. The zero-order valence-electron chi connectivity index (χ0n) is 10.4. The number of halogens is 3. The smallest absolute Gasteiger partial charge is 0.256 e. The van der Waals surface area contributed by atoms with Crippen LogP contribution >= 0.6 is 31.9 Å². The number of ether oxygens (including phenoxy) is 1. The van der Waals surface area contributed by atoms with E-state index >= 15 is 0 Å². The van der Waals surface area contributed by atoms with Crippen LogP contribution in [0.3, 0.4) is 0 Å². The largest absolute Gasteiger partial charge is 0.495 e. The van der Waals surface area contributed by atoms with Crippen molar-refractivity contribution in [1.82, 2.24) is 0 Å². The minimum Gasteiger partial charge on any atom is -0.495 e. The first-order valence-electron chi connectivity index (χ1n) is 5.61. The van der Waals surface area contributed by atoms with Gasteiger partial charge in [0.25, 0.3) is 5.91 Å². The molecule has 0 aliphatic carbocycles. The molecule has 20 heavy (non-hydrogen) atoms. The highest BCUT2D eigenvalue weighted by atomic mass is 79.9. The minimum absolute atomic E-state index is 0.332. The van der Waals surface area contributed by atoms with Crippen LogP contribution in [-0.2, 0) is 0 Å². The van der Waals surface area contributed by atoms with Crippen molar-refractivity contribution in [3.05, 3.63) is 56.7 Å². The molecule has 2 aromatic rings. The van der Waals surface area contributed by atoms with Crippen LogP contribution in [0, 0.1) is 5.82 Å². The normalized spacial score (nSPS) is 10.2. The van der Waals surface area contributed by atoms with Gasteiger partial charge >= 0.3 is 0 Å². The summed E-state index contributed by atoms with van der Waals surface area (Å²) in [6, 6.07) is 9.11. The van der Waals surface area contributed by atoms with E-state index in [1.165, 1.54) is 18.2 Å². The van der Waals surface area contributed by atoms with Crippen molar-refractivity contribution in [2.45, 2.75) is 0 Å². The van der Waals surface area contributed by atoms with Crippen molar-refractivity contribution >= 4 is 43.5 Å². The van der Waals surface area contributed by atoms with E-state index in [2.05, 4.69) is 37.2 Å². The van der Waals surface area contributed by atoms with Gasteiger partial charge in [-0.25, -0.2) is 4.39 Å². The molecule has 2 rings (SSSR count). The topological polar surface area (TPSA) is 38.3 Å². The van der Waals surface area contributed by atoms with Gasteiger partial charge in [0.15, 0.2) is 0 Å². The molecule has 0 aliphatic heterocycles. The second kappa shape index (κ2) is 6.37. The molecule has 6 heteroatoms. The van der Waals surface area contributed by atoms with E-state index in [4.69, 9.17) is 4.74 Å². The molecule has 0 aliphatic rings. The van der Waals surface area contributed by atoms with Gasteiger partial charge in [-0.1, -0.05) is 0 Å². The third-order valence-corrected chi connectivity index (χ3v) is 3.90. The number of rotatable bonds is 3. The van der Waals surface area contributed by atoms with Gasteiger partial charge in [0.05, 0.1) is 17.1 Å². The first-order chi connectivity index (χ1) is 9.51. The first kappa shape index (κ1) is 15.0. The minimum atomic E-state index is -0.404. The maximum Gasteiger partial charge on any atom is 0.256 e. The number of methoxy groups -OCH3 is 1. The zero-order valence-corrected chi connectivity index (χ0v) is 13.6. The van der Waals surface area contributed by atoms with E-state index < -0.39 is 5.82 Å². The fourth-order valence-corrected chi connectivity index (χ4v) is 2.55. The Balaban J connectivity index is 2.23. The van der Waals surface area contributed by atoms with E-state index in [1.807, 2.05) is 0 Å². The molecule has 0 radical (unpaired) electrons. The van der Waals surface area contributed by atoms with Gasteiger partial charge in [-0.3, -0.25) is 4.79 Å². The molecule has 3 nitrogen and oxygen atoms in total. The van der Waals surface area contributed by atoms with Crippen molar-refractivity contribution in [2.75, 3.05) is 12.4 Å². The lowest BCUT2D eigenvalue weighted by atomic mass is 10.2. The predicted octanol–water partition coefficient (Wildman–Crippen LogP) is 4.61. The summed E-state index contributed by atoms with van der Waals surface area (Å²) in [4.78, 5) is 12.1. The number of carbonyl (C=O) groups is 1. The van der Waals surface area contributed by atoms with Gasteiger partial charge in [-0.05, 0) is 62.2 Å². The Bertz CT molecular complexity index is 662. The van der Waals surface area contributed by atoms with E-state index in [9.17, 15) is 9.18 Å². The highest BCUT2D eigenvalue weighted by molar-refractivity contribution is 9.10. The van der Waals surface area contributed by atoms with E-state index in [0.29, 0.717) is 21.5 Å². The second-order valence-electron chi connectivity index (χ2n) is 3.93. The molecule has 1 N–H and O–H groups in total. The average Bonchev–Trinajstić information content (AvgIpc) is 2.40. The molecule has 104 valence electrons. The summed E-state index contributed by atoms with van der Waals surface area (Å²) < 4.78 is 19.3. The van der Waals surface area contributed by atoms with E-state index in [-0.39, 0.29) is 5.91 Å². The molecule has 0 atom stereocenters. The maximum absolute atomic E-state index is 13.0. The van der Waals surface area contributed by atoms with Crippen LogP contribution in [0.5, 0.6) is 5.75 Å². The molecular formula is C14H10Br2FNO2. The number of amides is 1. The van der Waals surface area contributed by atoms with Crippen LogP contribution in [0.4, 0.5) is 10.1 Å². The quantitative estimate of drug-likeness (QED) is 0.813. The van der Waals surface area contributed by atoms with E-state index in [1.54, 1.807) is 25.3 Å². The van der Waals surface area contributed by atoms with Crippen LogP contribution in [0.1, 0.15) is 10.4 Å². The summed E-state index contributed by atoms with van der Waals surface area (Å²) in [5.74, 6) is -0.124. The highest BCUT2D eigenvalue weighted by Gasteiger charge is 2.12. The molecule has 1 amide bonds. The number of carbonyl (C=O) groups excluding carboxylic acids is 1. The number of anilines is 1. The maximum atomic E-state index is 13.0. The molecule has 0 bridgehead atoms. The summed E-state index contributed by atoms with van der Waals surface area (Å²) in [6.45, 7) is 0. The molecule has 0 saturated carbocycles. The van der Waals surface area contributed by atoms with Crippen LogP contribution in [0.2, 0.25) is 0 Å². The lowest BCUT2D eigenvalue weighted by Crippen LogP contribution is -2.12. The monoisotopic (exact) mass is 401 g/mol. The molecule has 0 saturated heterocycles. The van der Waals surface area contributed by atoms with Crippen molar-refractivity contribution in [1.29, 1.82) is 0 Å². The molecule has 0 fully saturated rings. The summed E-state index contributed by atoms with van der Waals surface area (Å²) in [7, 11) is 1.54. The van der Waals surface area contributed by atoms with Gasteiger partial charge in [0.1, 0.15) is 11.6 Å². The molecule has 0 unspecified atom stereocenters. The van der Waals surface area contributed by atoms with Gasteiger partial charge in [-0.15, -0.1) is 0 Å². The van der Waals surface area contributed by atoms with Crippen molar-refractivity contribution < 1.29 is 13.9 Å². The van der Waals surface area contributed by atoms with Crippen LogP contribution in [0.25, 0.3) is 0 Å². The highest BCUT2D eigenvalue weighted by Crippen LogP contribution is 2.28. The Kier molecular flexibility index (Phi) is 4.77. The van der Waals surface area contributed by atoms with Crippen molar-refractivity contribution in [3.63, 3.8) is 0 Å². The Morgan fingerprint density at radius 1 is 1.15 bits per heavy atom. The van der Waals surface area contributed by atoms with Crippen LogP contribution in [0.15, 0.2) is 45.3 Å². The Hall–Kier alpha value is -1.40. The number of hydrogen-bond acceptors (Lipinski definition) is 2. The standard InChI is InChI=1S/C14H10Br2FNO2/c1-20-13-7-9(3-5-11(13)15)18-14(19)10-4-2-8(17)6-12(10)16/h2-7H,1H3,(H,18,19). The predicted molar refractivity (Wildman–Crippen MR) is 82.7 cm³/mol. The fraction of sp³-hybridized carbons (Fsp3) is 0.0714. The molecular weight excluding hydrogens is 393 g/mol. The SMILES string of the molecule is COc1cc(NC(=O)c2ccc(F)cc2Br)ccc1Br. The summed E-state index contributed by atoms with van der Waals surface area (Å²) in [5, 5.41) is 2.73. The molecule has 0 spiro atoms. The molecule has 0 aromatic heterocycles. The van der Waals surface area contributed by atoms with E-state index in [0.717, 1.165) is 4.47 Å². The summed E-state index contributed by atoms with van der Waals surface area (Å²) in [6.07, 6.45) is 0. The summed E-state index contributed by atoms with van der Waals surface area (Å²) >= 11 is 6.50.